The second-order valence-corrected chi connectivity index (χ2v) is 7.38. The van der Waals surface area contributed by atoms with Gasteiger partial charge in [-0.05, 0) is 30.7 Å². The summed E-state index contributed by atoms with van der Waals surface area (Å²) >= 11 is 7.37. The lowest BCUT2D eigenvalue weighted by Gasteiger charge is -2.20. The van der Waals surface area contributed by atoms with Crippen LogP contribution in [-0.2, 0) is 0 Å². The standard InChI is InChI=1S/C20H16ClN3OS/c1-12-4-2-3-5-16(12)24-10-17(25)18(19(24)22)20-23-15(11-26-20)13-6-8-14(21)9-7-13/h2-9,11,22,25H,10H2,1H3. The fourth-order valence-electron chi connectivity index (χ4n) is 3.02. The van der Waals surface area contributed by atoms with Gasteiger partial charge in [-0.2, -0.15) is 0 Å². The molecule has 0 radical (unpaired) electrons. The van der Waals surface area contributed by atoms with E-state index in [9.17, 15) is 5.11 Å². The number of nitrogens with zero attached hydrogens (tertiary/aromatic N) is 2. The van der Waals surface area contributed by atoms with E-state index >= 15 is 0 Å². The van der Waals surface area contributed by atoms with Crippen molar-refractivity contribution in [2.75, 3.05) is 11.4 Å². The van der Waals surface area contributed by atoms with Gasteiger partial charge in [-0.15, -0.1) is 11.3 Å². The normalized spacial score (nSPS) is 14.4. The van der Waals surface area contributed by atoms with Crippen molar-refractivity contribution in [2.24, 2.45) is 0 Å². The molecule has 4 rings (SSSR count). The Morgan fingerprint density at radius 3 is 2.62 bits per heavy atom. The monoisotopic (exact) mass is 381 g/mol. The van der Waals surface area contributed by atoms with Gasteiger partial charge in [-0.1, -0.05) is 41.9 Å². The molecule has 1 aliphatic heterocycles. The molecule has 2 N–H and O–H groups in total. The van der Waals surface area contributed by atoms with Gasteiger partial charge in [0.2, 0.25) is 0 Å². The minimum Gasteiger partial charge on any atom is -0.510 e. The van der Waals surface area contributed by atoms with Crippen molar-refractivity contribution in [1.82, 2.24) is 4.98 Å². The van der Waals surface area contributed by atoms with Gasteiger partial charge in [-0.25, -0.2) is 4.98 Å². The average Bonchev–Trinajstić information content (AvgIpc) is 3.21. The SMILES string of the molecule is Cc1ccccc1N1CC(O)=C(c2nc(-c3ccc(Cl)cc3)cs2)C1=N. The van der Waals surface area contributed by atoms with Crippen molar-refractivity contribution in [3.05, 3.63) is 75.3 Å². The van der Waals surface area contributed by atoms with E-state index in [-0.39, 0.29) is 18.1 Å². The van der Waals surface area contributed by atoms with E-state index in [0.717, 1.165) is 22.5 Å². The zero-order valence-electron chi connectivity index (χ0n) is 14.0. The van der Waals surface area contributed by atoms with Crippen molar-refractivity contribution in [3.63, 3.8) is 0 Å². The highest BCUT2D eigenvalue weighted by Gasteiger charge is 2.31. The molecule has 0 saturated carbocycles. The van der Waals surface area contributed by atoms with E-state index < -0.39 is 0 Å². The van der Waals surface area contributed by atoms with Crippen LogP contribution in [0.3, 0.4) is 0 Å². The minimum atomic E-state index is 0.176. The van der Waals surface area contributed by atoms with Crippen LogP contribution in [0.5, 0.6) is 0 Å². The predicted molar refractivity (Wildman–Crippen MR) is 108 cm³/mol. The van der Waals surface area contributed by atoms with Crippen molar-refractivity contribution >= 4 is 40.0 Å². The molecule has 0 bridgehead atoms. The highest BCUT2D eigenvalue weighted by atomic mass is 35.5. The molecule has 0 atom stereocenters. The molecule has 4 nitrogen and oxygen atoms in total. The highest BCUT2D eigenvalue weighted by molar-refractivity contribution is 7.11. The molecule has 3 aromatic rings. The zero-order valence-corrected chi connectivity index (χ0v) is 15.6. The molecule has 2 heterocycles. The Hall–Kier alpha value is -2.63. The third-order valence-corrected chi connectivity index (χ3v) is 5.48. The summed E-state index contributed by atoms with van der Waals surface area (Å²) in [5, 5.41) is 22.3. The summed E-state index contributed by atoms with van der Waals surface area (Å²) in [4.78, 5) is 6.44. The lowest BCUT2D eigenvalue weighted by molar-refractivity contribution is 0.411. The summed E-state index contributed by atoms with van der Waals surface area (Å²) < 4.78 is 0. The highest BCUT2D eigenvalue weighted by Crippen LogP contribution is 2.35. The van der Waals surface area contributed by atoms with Crippen LogP contribution in [0.1, 0.15) is 10.6 Å². The van der Waals surface area contributed by atoms with Gasteiger partial charge < -0.3 is 10.0 Å². The number of thiazole rings is 1. The number of anilines is 1. The molecule has 0 spiro atoms. The second-order valence-electron chi connectivity index (χ2n) is 6.09. The number of hydrogen-bond acceptors (Lipinski definition) is 4. The van der Waals surface area contributed by atoms with E-state index in [1.165, 1.54) is 11.3 Å². The molecule has 0 unspecified atom stereocenters. The van der Waals surface area contributed by atoms with Crippen molar-refractivity contribution in [2.45, 2.75) is 6.92 Å². The van der Waals surface area contributed by atoms with E-state index in [4.69, 9.17) is 17.0 Å². The van der Waals surface area contributed by atoms with Crippen molar-refractivity contribution in [1.29, 1.82) is 5.41 Å². The van der Waals surface area contributed by atoms with Gasteiger partial charge >= 0.3 is 0 Å². The fraction of sp³-hybridized carbons (Fsp3) is 0.100. The lowest BCUT2D eigenvalue weighted by Crippen LogP contribution is -2.26. The van der Waals surface area contributed by atoms with E-state index in [1.807, 2.05) is 65.7 Å². The maximum Gasteiger partial charge on any atom is 0.139 e. The Bertz CT molecular complexity index is 1020. The quantitative estimate of drug-likeness (QED) is 0.626. The van der Waals surface area contributed by atoms with Crippen LogP contribution in [-0.4, -0.2) is 22.5 Å². The topological polar surface area (TPSA) is 60.2 Å². The zero-order chi connectivity index (χ0) is 18.3. The summed E-state index contributed by atoms with van der Waals surface area (Å²) in [5.41, 5.74) is 4.25. The minimum absolute atomic E-state index is 0.176. The second kappa shape index (κ2) is 6.59. The Balaban J connectivity index is 1.66. The molecule has 130 valence electrons. The Kier molecular flexibility index (Phi) is 4.26. The van der Waals surface area contributed by atoms with Crippen LogP contribution in [0.15, 0.2) is 59.7 Å². The predicted octanol–water partition coefficient (Wildman–Crippen LogP) is 5.54. The van der Waals surface area contributed by atoms with Crippen LogP contribution in [0.2, 0.25) is 5.02 Å². The molecule has 6 heteroatoms. The first-order chi connectivity index (χ1) is 12.5. The molecule has 1 aromatic heterocycles. The lowest BCUT2D eigenvalue weighted by atomic mass is 10.1. The summed E-state index contributed by atoms with van der Waals surface area (Å²) in [6, 6.07) is 15.3. The number of rotatable bonds is 3. The molecule has 26 heavy (non-hydrogen) atoms. The average molecular weight is 382 g/mol. The number of para-hydroxylation sites is 1. The smallest absolute Gasteiger partial charge is 0.139 e. The number of halogens is 1. The van der Waals surface area contributed by atoms with Gasteiger partial charge in [0.15, 0.2) is 0 Å². The van der Waals surface area contributed by atoms with E-state index in [0.29, 0.717) is 15.6 Å². The Morgan fingerprint density at radius 2 is 1.88 bits per heavy atom. The fourth-order valence-corrected chi connectivity index (χ4v) is 4.04. The van der Waals surface area contributed by atoms with Crippen LogP contribution in [0.25, 0.3) is 16.8 Å². The molecule has 0 aliphatic carbocycles. The number of nitrogens with one attached hydrogen (secondary N) is 1. The van der Waals surface area contributed by atoms with Crippen molar-refractivity contribution < 1.29 is 5.11 Å². The maximum atomic E-state index is 10.5. The van der Waals surface area contributed by atoms with Crippen molar-refractivity contribution in [3.8, 4) is 11.3 Å². The van der Waals surface area contributed by atoms with E-state index in [1.54, 1.807) is 0 Å². The third kappa shape index (κ3) is 2.89. The molecule has 0 saturated heterocycles. The molecule has 1 aliphatic rings. The summed E-state index contributed by atoms with van der Waals surface area (Å²) in [6.07, 6.45) is 0. The van der Waals surface area contributed by atoms with Crippen LogP contribution in [0.4, 0.5) is 5.69 Å². The van der Waals surface area contributed by atoms with Gasteiger partial charge in [0, 0.05) is 21.7 Å². The van der Waals surface area contributed by atoms with Gasteiger partial charge in [0.1, 0.15) is 16.6 Å². The first-order valence-electron chi connectivity index (χ1n) is 8.10. The largest absolute Gasteiger partial charge is 0.510 e. The van der Waals surface area contributed by atoms with Gasteiger partial charge in [-0.3, -0.25) is 5.41 Å². The molecule has 0 amide bonds. The summed E-state index contributed by atoms with van der Waals surface area (Å²) in [5.74, 6) is 0.448. The molecule has 2 aromatic carbocycles. The van der Waals surface area contributed by atoms with Gasteiger partial charge in [0.05, 0.1) is 17.8 Å². The molecule has 0 fully saturated rings. The molecular weight excluding hydrogens is 366 g/mol. The number of benzene rings is 2. The first kappa shape index (κ1) is 16.8. The molecular formula is C20H16ClN3OS. The van der Waals surface area contributed by atoms with E-state index in [2.05, 4.69) is 4.98 Å². The number of hydrogen-bond donors (Lipinski definition) is 2. The summed E-state index contributed by atoms with van der Waals surface area (Å²) in [7, 11) is 0. The maximum absolute atomic E-state index is 10.5. The number of aryl methyl sites for hydroxylation is 1. The van der Waals surface area contributed by atoms with Gasteiger partial charge in [0.25, 0.3) is 0 Å². The number of aliphatic hydroxyl groups excluding tert-OH is 1. The third-order valence-electron chi connectivity index (χ3n) is 4.37. The number of amidine groups is 1. The summed E-state index contributed by atoms with van der Waals surface area (Å²) in [6.45, 7) is 2.29. The first-order valence-corrected chi connectivity index (χ1v) is 9.36. The number of aliphatic hydroxyl groups is 1. The number of aromatic nitrogens is 1. The van der Waals surface area contributed by atoms with Crippen LogP contribution < -0.4 is 4.90 Å². The Morgan fingerprint density at radius 1 is 1.15 bits per heavy atom. The Labute approximate surface area is 160 Å². The van der Waals surface area contributed by atoms with Crippen LogP contribution in [0, 0.1) is 12.3 Å². The van der Waals surface area contributed by atoms with Crippen LogP contribution >= 0.6 is 22.9 Å².